The van der Waals surface area contributed by atoms with Crippen molar-refractivity contribution in [2.24, 2.45) is 4.99 Å². The van der Waals surface area contributed by atoms with Crippen LogP contribution in [0.5, 0.6) is 0 Å². The highest BCUT2D eigenvalue weighted by molar-refractivity contribution is 14.0. The lowest BCUT2D eigenvalue weighted by Crippen LogP contribution is -2.42. The maximum Gasteiger partial charge on any atom is 0.191 e. The number of unbranched alkanes of at least 4 members (excludes halogenated alkanes) is 2. The van der Waals surface area contributed by atoms with Crippen LogP contribution in [0.1, 0.15) is 51.9 Å². The van der Waals surface area contributed by atoms with Crippen molar-refractivity contribution in [3.63, 3.8) is 0 Å². The van der Waals surface area contributed by atoms with E-state index in [1.165, 1.54) is 44.9 Å². The third-order valence-corrected chi connectivity index (χ3v) is 2.99. The molecule has 1 rings (SSSR count). The zero-order valence-electron chi connectivity index (χ0n) is 10.6. The number of nitrogens with zero attached hydrogens (tertiary/aromatic N) is 1. The Balaban J connectivity index is 0.00000225. The van der Waals surface area contributed by atoms with Gasteiger partial charge in [0.05, 0.1) is 0 Å². The zero-order chi connectivity index (χ0) is 10.9. The van der Waals surface area contributed by atoms with Gasteiger partial charge in [0.15, 0.2) is 5.96 Å². The van der Waals surface area contributed by atoms with E-state index in [0.717, 1.165) is 12.5 Å². The molecule has 0 aromatic carbocycles. The molecule has 0 radical (unpaired) electrons. The molecule has 0 aliphatic heterocycles. The first kappa shape index (κ1) is 16.0. The van der Waals surface area contributed by atoms with Crippen molar-refractivity contribution in [3.05, 3.63) is 0 Å². The van der Waals surface area contributed by atoms with Crippen molar-refractivity contribution in [2.45, 2.75) is 57.9 Å². The maximum absolute atomic E-state index is 4.24. The van der Waals surface area contributed by atoms with Crippen LogP contribution in [0.25, 0.3) is 0 Å². The summed E-state index contributed by atoms with van der Waals surface area (Å²) in [6.07, 6.45) is 9.14. The molecule has 0 heterocycles. The third-order valence-electron chi connectivity index (χ3n) is 2.99. The number of hydrogen-bond donors (Lipinski definition) is 2. The van der Waals surface area contributed by atoms with Crippen LogP contribution < -0.4 is 10.6 Å². The average molecular weight is 339 g/mol. The van der Waals surface area contributed by atoms with Crippen LogP contribution in [0.15, 0.2) is 4.99 Å². The lowest BCUT2D eigenvalue weighted by molar-refractivity contribution is 0.606. The predicted octanol–water partition coefficient (Wildman–Crippen LogP) is 2.90. The molecule has 0 atom stereocenters. The summed E-state index contributed by atoms with van der Waals surface area (Å²) in [7, 11) is 1.85. The Hall–Kier alpha value is 0. The van der Waals surface area contributed by atoms with Crippen molar-refractivity contribution >= 4 is 29.9 Å². The van der Waals surface area contributed by atoms with Gasteiger partial charge in [-0.15, -0.1) is 24.0 Å². The fourth-order valence-electron chi connectivity index (χ4n) is 2.04. The van der Waals surface area contributed by atoms with Gasteiger partial charge in [-0.05, 0) is 19.3 Å². The molecule has 1 fully saturated rings. The van der Waals surface area contributed by atoms with E-state index in [-0.39, 0.29) is 24.0 Å². The SMILES string of the molecule is CCCCCNC(=NC)NC1CCCC1.I. The molecule has 4 heteroatoms. The summed E-state index contributed by atoms with van der Waals surface area (Å²) in [5, 5.41) is 6.85. The van der Waals surface area contributed by atoms with E-state index >= 15 is 0 Å². The summed E-state index contributed by atoms with van der Waals surface area (Å²) in [4.78, 5) is 4.24. The van der Waals surface area contributed by atoms with Gasteiger partial charge >= 0.3 is 0 Å². The molecule has 0 spiro atoms. The van der Waals surface area contributed by atoms with Gasteiger partial charge in [0.2, 0.25) is 0 Å². The van der Waals surface area contributed by atoms with Gasteiger partial charge < -0.3 is 10.6 Å². The van der Waals surface area contributed by atoms with Gasteiger partial charge in [-0.25, -0.2) is 0 Å². The molecule has 0 amide bonds. The molecule has 1 saturated carbocycles. The summed E-state index contributed by atoms with van der Waals surface area (Å²) >= 11 is 0. The van der Waals surface area contributed by atoms with Gasteiger partial charge in [-0.1, -0.05) is 32.6 Å². The molecule has 96 valence electrons. The molecule has 1 aliphatic carbocycles. The second-order valence-electron chi connectivity index (χ2n) is 4.33. The second-order valence-corrected chi connectivity index (χ2v) is 4.33. The van der Waals surface area contributed by atoms with Gasteiger partial charge in [-0.2, -0.15) is 0 Å². The lowest BCUT2D eigenvalue weighted by atomic mass is 10.2. The second kappa shape index (κ2) is 10.2. The first-order chi connectivity index (χ1) is 7.36. The quantitative estimate of drug-likeness (QED) is 0.350. The number of guanidine groups is 1. The van der Waals surface area contributed by atoms with E-state index in [0.29, 0.717) is 6.04 Å². The number of aliphatic imine (C=N–C) groups is 1. The molecular formula is C12H26IN3. The van der Waals surface area contributed by atoms with Crippen LogP contribution in [0.4, 0.5) is 0 Å². The van der Waals surface area contributed by atoms with E-state index in [1.807, 2.05) is 7.05 Å². The van der Waals surface area contributed by atoms with Crippen molar-refractivity contribution in [3.8, 4) is 0 Å². The van der Waals surface area contributed by atoms with Crippen molar-refractivity contribution in [2.75, 3.05) is 13.6 Å². The van der Waals surface area contributed by atoms with Gasteiger partial charge in [0.1, 0.15) is 0 Å². The molecule has 0 bridgehead atoms. The summed E-state index contributed by atoms with van der Waals surface area (Å²) < 4.78 is 0. The number of hydrogen-bond acceptors (Lipinski definition) is 1. The fraction of sp³-hybridized carbons (Fsp3) is 0.917. The Labute approximate surface area is 117 Å². The molecule has 2 N–H and O–H groups in total. The van der Waals surface area contributed by atoms with Crippen LogP contribution in [-0.4, -0.2) is 25.6 Å². The molecule has 1 aliphatic rings. The van der Waals surface area contributed by atoms with Crippen LogP contribution in [0.3, 0.4) is 0 Å². The van der Waals surface area contributed by atoms with E-state index in [1.54, 1.807) is 0 Å². The minimum absolute atomic E-state index is 0. The zero-order valence-corrected chi connectivity index (χ0v) is 12.9. The minimum Gasteiger partial charge on any atom is -0.356 e. The van der Waals surface area contributed by atoms with Crippen LogP contribution >= 0.6 is 24.0 Å². The lowest BCUT2D eigenvalue weighted by Gasteiger charge is -2.16. The Bertz CT molecular complexity index is 189. The van der Waals surface area contributed by atoms with Crippen LogP contribution in [-0.2, 0) is 0 Å². The van der Waals surface area contributed by atoms with E-state index < -0.39 is 0 Å². The van der Waals surface area contributed by atoms with Gasteiger partial charge in [0, 0.05) is 19.6 Å². The van der Waals surface area contributed by atoms with E-state index in [2.05, 4.69) is 22.5 Å². The molecule has 0 aromatic rings. The first-order valence-electron chi connectivity index (χ1n) is 6.34. The molecule has 0 unspecified atom stereocenters. The van der Waals surface area contributed by atoms with E-state index in [9.17, 15) is 0 Å². The average Bonchev–Trinajstić information content (AvgIpc) is 2.75. The predicted molar refractivity (Wildman–Crippen MR) is 81.7 cm³/mol. The topological polar surface area (TPSA) is 36.4 Å². The van der Waals surface area contributed by atoms with Crippen molar-refractivity contribution in [1.82, 2.24) is 10.6 Å². The molecule has 0 aromatic heterocycles. The third kappa shape index (κ3) is 6.55. The molecule has 16 heavy (non-hydrogen) atoms. The normalized spacial score (nSPS) is 17.0. The highest BCUT2D eigenvalue weighted by atomic mass is 127. The van der Waals surface area contributed by atoms with Crippen LogP contribution in [0, 0.1) is 0 Å². The molecule has 3 nitrogen and oxygen atoms in total. The molecule has 0 saturated heterocycles. The van der Waals surface area contributed by atoms with Crippen LogP contribution in [0.2, 0.25) is 0 Å². The Morgan fingerprint density at radius 2 is 1.94 bits per heavy atom. The van der Waals surface area contributed by atoms with Gasteiger partial charge in [0.25, 0.3) is 0 Å². The largest absolute Gasteiger partial charge is 0.356 e. The highest BCUT2D eigenvalue weighted by Gasteiger charge is 2.15. The Morgan fingerprint density at radius 3 is 2.50 bits per heavy atom. The van der Waals surface area contributed by atoms with Gasteiger partial charge in [-0.3, -0.25) is 4.99 Å². The van der Waals surface area contributed by atoms with E-state index in [4.69, 9.17) is 0 Å². The standard InChI is InChI=1S/C12H25N3.HI/c1-3-4-7-10-14-12(13-2)15-11-8-5-6-9-11;/h11H,3-10H2,1-2H3,(H2,13,14,15);1H. The van der Waals surface area contributed by atoms with Crippen molar-refractivity contribution in [1.29, 1.82) is 0 Å². The Kier molecular flexibility index (Phi) is 10.2. The summed E-state index contributed by atoms with van der Waals surface area (Å²) in [6, 6.07) is 0.655. The monoisotopic (exact) mass is 339 g/mol. The summed E-state index contributed by atoms with van der Waals surface area (Å²) in [6.45, 7) is 3.27. The fourth-order valence-corrected chi connectivity index (χ4v) is 2.04. The number of rotatable bonds is 5. The summed E-state index contributed by atoms with van der Waals surface area (Å²) in [5.74, 6) is 0.984. The molecular weight excluding hydrogens is 313 g/mol. The minimum atomic E-state index is 0. The van der Waals surface area contributed by atoms with Crippen molar-refractivity contribution < 1.29 is 0 Å². The summed E-state index contributed by atoms with van der Waals surface area (Å²) in [5.41, 5.74) is 0. The Morgan fingerprint density at radius 1 is 1.25 bits per heavy atom. The number of nitrogens with one attached hydrogen (secondary N) is 2. The highest BCUT2D eigenvalue weighted by Crippen LogP contribution is 2.17. The number of halogens is 1. The first-order valence-corrected chi connectivity index (χ1v) is 6.34. The maximum atomic E-state index is 4.24. The smallest absolute Gasteiger partial charge is 0.191 e.